The molecule has 1 aromatic rings. The van der Waals surface area contributed by atoms with E-state index in [1.54, 1.807) is 0 Å². The first-order valence-corrected chi connectivity index (χ1v) is 7.67. The average molecular weight is 289 g/mol. The van der Waals surface area contributed by atoms with Gasteiger partial charge >= 0.3 is 0 Å². The van der Waals surface area contributed by atoms with Crippen LogP contribution in [0.15, 0.2) is 24.3 Å². The van der Waals surface area contributed by atoms with Gasteiger partial charge in [0.05, 0.1) is 24.0 Å². The van der Waals surface area contributed by atoms with Crippen LogP contribution in [0.4, 0.5) is 11.4 Å². The molecule has 0 saturated carbocycles. The number of ether oxygens (including phenoxy) is 1. The number of benzene rings is 1. The van der Waals surface area contributed by atoms with Gasteiger partial charge in [-0.2, -0.15) is 0 Å². The minimum Gasteiger partial charge on any atom is -0.376 e. The molecule has 5 nitrogen and oxygen atoms in total. The molecular formula is C16H23N3O2. The van der Waals surface area contributed by atoms with Crippen molar-refractivity contribution in [3.05, 3.63) is 24.3 Å². The standard InChI is InChI=1S/C16H23N3O2/c1-18-8-9-19(15-7-3-2-6-14(15)18)12-16(20)17-11-13-5-4-10-21-13/h2-3,6-7,13H,4-5,8-12H2,1H3,(H,17,20)/t13-/m1/s1. The van der Waals surface area contributed by atoms with Crippen LogP contribution in [-0.2, 0) is 9.53 Å². The SMILES string of the molecule is CN1CCN(CC(=O)NC[C@H]2CCCO2)c2ccccc21. The molecule has 21 heavy (non-hydrogen) atoms. The second-order valence-electron chi connectivity index (χ2n) is 5.77. The maximum absolute atomic E-state index is 12.1. The number of anilines is 2. The lowest BCUT2D eigenvalue weighted by Gasteiger charge is -2.36. The smallest absolute Gasteiger partial charge is 0.239 e. The van der Waals surface area contributed by atoms with Gasteiger partial charge in [0, 0.05) is 33.3 Å². The number of carbonyl (C=O) groups excluding carboxylic acids is 1. The van der Waals surface area contributed by atoms with Crippen LogP contribution < -0.4 is 15.1 Å². The lowest BCUT2D eigenvalue weighted by atomic mass is 10.1. The Balaban J connectivity index is 1.57. The van der Waals surface area contributed by atoms with E-state index in [1.807, 2.05) is 12.1 Å². The van der Waals surface area contributed by atoms with Gasteiger partial charge in [-0.05, 0) is 25.0 Å². The van der Waals surface area contributed by atoms with Crippen molar-refractivity contribution in [2.24, 2.45) is 0 Å². The Kier molecular flexibility index (Phi) is 4.29. The summed E-state index contributed by atoms with van der Waals surface area (Å²) < 4.78 is 5.53. The van der Waals surface area contributed by atoms with Crippen LogP contribution in [0.5, 0.6) is 0 Å². The highest BCUT2D eigenvalue weighted by Crippen LogP contribution is 2.31. The summed E-state index contributed by atoms with van der Waals surface area (Å²) in [5.74, 6) is 0.0739. The van der Waals surface area contributed by atoms with Gasteiger partial charge in [0.2, 0.25) is 5.91 Å². The summed E-state index contributed by atoms with van der Waals surface area (Å²) in [6.45, 7) is 3.69. The van der Waals surface area contributed by atoms with E-state index in [-0.39, 0.29) is 12.0 Å². The normalized spacial score (nSPS) is 21.3. The van der Waals surface area contributed by atoms with Gasteiger partial charge in [0.1, 0.15) is 0 Å². The zero-order chi connectivity index (χ0) is 14.7. The third-order valence-electron chi connectivity index (χ3n) is 4.22. The average Bonchev–Trinajstić information content (AvgIpc) is 3.02. The molecule has 0 aromatic heterocycles. The molecule has 1 atom stereocenters. The molecule has 0 unspecified atom stereocenters. The van der Waals surface area contributed by atoms with Crippen LogP contribution in [0.2, 0.25) is 0 Å². The first-order valence-electron chi connectivity index (χ1n) is 7.67. The van der Waals surface area contributed by atoms with Crippen molar-refractivity contribution in [1.29, 1.82) is 0 Å². The number of carbonyl (C=O) groups is 1. The van der Waals surface area contributed by atoms with Crippen LogP contribution in [0.3, 0.4) is 0 Å². The van der Waals surface area contributed by atoms with Gasteiger partial charge < -0.3 is 19.9 Å². The summed E-state index contributed by atoms with van der Waals surface area (Å²) >= 11 is 0. The Labute approximate surface area is 125 Å². The van der Waals surface area contributed by atoms with Crippen molar-refractivity contribution in [2.45, 2.75) is 18.9 Å². The summed E-state index contributed by atoms with van der Waals surface area (Å²) in [5.41, 5.74) is 2.33. The third kappa shape index (κ3) is 3.29. The predicted molar refractivity (Wildman–Crippen MR) is 83.9 cm³/mol. The molecule has 1 fully saturated rings. The number of nitrogens with zero attached hydrogens (tertiary/aromatic N) is 2. The molecule has 1 N–H and O–H groups in total. The summed E-state index contributed by atoms with van der Waals surface area (Å²) in [4.78, 5) is 16.5. The lowest BCUT2D eigenvalue weighted by Crippen LogP contribution is -2.45. The van der Waals surface area contributed by atoms with Crippen molar-refractivity contribution in [2.75, 3.05) is 49.6 Å². The van der Waals surface area contributed by atoms with E-state index in [0.29, 0.717) is 13.1 Å². The minimum atomic E-state index is 0.0739. The maximum Gasteiger partial charge on any atom is 0.239 e. The zero-order valence-electron chi connectivity index (χ0n) is 12.5. The van der Waals surface area contributed by atoms with E-state index in [2.05, 4.69) is 34.3 Å². The summed E-state index contributed by atoms with van der Waals surface area (Å²) in [7, 11) is 2.09. The molecule has 2 heterocycles. The number of hydrogen-bond acceptors (Lipinski definition) is 4. The largest absolute Gasteiger partial charge is 0.376 e. The van der Waals surface area contributed by atoms with Crippen molar-refractivity contribution in [3.63, 3.8) is 0 Å². The van der Waals surface area contributed by atoms with E-state index in [4.69, 9.17) is 4.74 Å². The van der Waals surface area contributed by atoms with Gasteiger partial charge in [-0.15, -0.1) is 0 Å². The predicted octanol–water partition coefficient (Wildman–Crippen LogP) is 1.24. The fourth-order valence-corrected chi connectivity index (χ4v) is 2.99. The van der Waals surface area contributed by atoms with Gasteiger partial charge in [-0.3, -0.25) is 4.79 Å². The van der Waals surface area contributed by atoms with Crippen LogP contribution >= 0.6 is 0 Å². The molecule has 1 saturated heterocycles. The van der Waals surface area contributed by atoms with E-state index in [1.165, 1.54) is 5.69 Å². The first-order chi connectivity index (χ1) is 10.2. The fourth-order valence-electron chi connectivity index (χ4n) is 2.99. The molecule has 2 aliphatic rings. The number of hydrogen-bond donors (Lipinski definition) is 1. The van der Waals surface area contributed by atoms with E-state index < -0.39 is 0 Å². The minimum absolute atomic E-state index is 0.0739. The molecule has 1 aromatic carbocycles. The number of likely N-dealkylation sites (N-methyl/N-ethyl adjacent to an activating group) is 1. The van der Waals surface area contributed by atoms with Crippen molar-refractivity contribution >= 4 is 17.3 Å². The quantitative estimate of drug-likeness (QED) is 0.906. The summed E-state index contributed by atoms with van der Waals surface area (Å²) in [5, 5.41) is 2.99. The maximum atomic E-state index is 12.1. The Morgan fingerprint density at radius 1 is 1.33 bits per heavy atom. The van der Waals surface area contributed by atoms with Crippen molar-refractivity contribution in [1.82, 2.24) is 5.32 Å². The molecule has 114 valence electrons. The van der Waals surface area contributed by atoms with E-state index >= 15 is 0 Å². The second-order valence-corrected chi connectivity index (χ2v) is 5.77. The molecule has 0 spiro atoms. The molecule has 2 aliphatic heterocycles. The Hall–Kier alpha value is -1.75. The highest BCUT2D eigenvalue weighted by atomic mass is 16.5. The van der Waals surface area contributed by atoms with E-state index in [9.17, 15) is 4.79 Å². The van der Waals surface area contributed by atoms with Crippen molar-refractivity contribution < 1.29 is 9.53 Å². The van der Waals surface area contributed by atoms with Gasteiger partial charge in [-0.1, -0.05) is 12.1 Å². The molecular weight excluding hydrogens is 266 g/mol. The number of nitrogens with one attached hydrogen (secondary N) is 1. The first kappa shape index (κ1) is 14.2. The Bertz CT molecular complexity index is 500. The van der Waals surface area contributed by atoms with Crippen LogP contribution in [-0.4, -0.2) is 51.8 Å². The van der Waals surface area contributed by atoms with Crippen LogP contribution in [0, 0.1) is 0 Å². The molecule has 1 amide bonds. The lowest BCUT2D eigenvalue weighted by molar-refractivity contribution is -0.120. The third-order valence-corrected chi connectivity index (χ3v) is 4.22. The van der Waals surface area contributed by atoms with E-state index in [0.717, 1.165) is 38.2 Å². The molecule has 0 bridgehead atoms. The molecule has 0 radical (unpaired) electrons. The number of rotatable bonds is 4. The Morgan fingerprint density at radius 2 is 2.14 bits per heavy atom. The van der Waals surface area contributed by atoms with Crippen molar-refractivity contribution in [3.8, 4) is 0 Å². The monoisotopic (exact) mass is 289 g/mol. The summed E-state index contributed by atoms with van der Waals surface area (Å²) in [6.07, 6.45) is 2.36. The fraction of sp³-hybridized carbons (Fsp3) is 0.562. The van der Waals surface area contributed by atoms with Gasteiger partial charge in [0.25, 0.3) is 0 Å². The van der Waals surface area contributed by atoms with Crippen LogP contribution in [0.1, 0.15) is 12.8 Å². The molecule has 0 aliphatic carbocycles. The highest BCUT2D eigenvalue weighted by molar-refractivity contribution is 5.84. The van der Waals surface area contributed by atoms with Gasteiger partial charge in [-0.25, -0.2) is 0 Å². The number of para-hydroxylation sites is 2. The highest BCUT2D eigenvalue weighted by Gasteiger charge is 2.22. The number of amides is 1. The van der Waals surface area contributed by atoms with Crippen LogP contribution in [0.25, 0.3) is 0 Å². The second kappa shape index (κ2) is 6.35. The zero-order valence-corrected chi connectivity index (χ0v) is 12.5. The van der Waals surface area contributed by atoms with Gasteiger partial charge in [0.15, 0.2) is 0 Å². The summed E-state index contributed by atoms with van der Waals surface area (Å²) in [6, 6.07) is 8.25. The Morgan fingerprint density at radius 3 is 2.90 bits per heavy atom. The molecule has 3 rings (SSSR count). The topological polar surface area (TPSA) is 44.8 Å². The number of fused-ring (bicyclic) bond motifs is 1. The molecule has 5 heteroatoms.